The molecule has 0 heterocycles. The summed E-state index contributed by atoms with van der Waals surface area (Å²) in [6.07, 6.45) is 0. The molecular formula is C29H33Cl2N3O5S. The van der Waals surface area contributed by atoms with Crippen LogP contribution in [-0.2, 0) is 26.2 Å². The minimum Gasteiger partial charge on any atom is -0.497 e. The van der Waals surface area contributed by atoms with E-state index in [2.05, 4.69) is 5.32 Å². The van der Waals surface area contributed by atoms with Crippen molar-refractivity contribution < 1.29 is 22.7 Å². The van der Waals surface area contributed by atoms with E-state index in [0.29, 0.717) is 22.3 Å². The highest BCUT2D eigenvalue weighted by atomic mass is 35.5. The van der Waals surface area contributed by atoms with Gasteiger partial charge in [0.25, 0.3) is 10.0 Å². The van der Waals surface area contributed by atoms with Gasteiger partial charge < -0.3 is 15.0 Å². The third kappa shape index (κ3) is 8.13. The number of nitrogens with one attached hydrogen (secondary N) is 1. The van der Waals surface area contributed by atoms with Gasteiger partial charge in [0.1, 0.15) is 18.3 Å². The Morgan fingerprint density at radius 1 is 0.925 bits per heavy atom. The van der Waals surface area contributed by atoms with Crippen molar-refractivity contribution in [2.24, 2.45) is 5.92 Å². The molecule has 40 heavy (non-hydrogen) atoms. The molecule has 0 aromatic heterocycles. The van der Waals surface area contributed by atoms with Crippen LogP contribution in [0.15, 0.2) is 77.7 Å². The predicted molar refractivity (Wildman–Crippen MR) is 158 cm³/mol. The summed E-state index contributed by atoms with van der Waals surface area (Å²) in [6.45, 7) is 5.50. The van der Waals surface area contributed by atoms with Crippen LogP contribution in [0.5, 0.6) is 5.75 Å². The van der Waals surface area contributed by atoms with Gasteiger partial charge in [0.05, 0.1) is 17.7 Å². The van der Waals surface area contributed by atoms with Crippen molar-refractivity contribution in [1.82, 2.24) is 10.2 Å². The van der Waals surface area contributed by atoms with Gasteiger partial charge in [-0.2, -0.15) is 0 Å². The summed E-state index contributed by atoms with van der Waals surface area (Å²) in [6, 6.07) is 18.1. The highest BCUT2D eigenvalue weighted by Crippen LogP contribution is 2.27. The second-order valence-electron chi connectivity index (χ2n) is 9.63. The largest absolute Gasteiger partial charge is 0.497 e. The zero-order valence-corrected chi connectivity index (χ0v) is 25.1. The van der Waals surface area contributed by atoms with Gasteiger partial charge in [-0.3, -0.25) is 13.9 Å². The summed E-state index contributed by atoms with van der Waals surface area (Å²) in [4.78, 5) is 28.3. The lowest BCUT2D eigenvalue weighted by Gasteiger charge is -2.32. The van der Waals surface area contributed by atoms with Gasteiger partial charge in [-0.1, -0.05) is 55.2 Å². The minimum absolute atomic E-state index is 0.0471. The van der Waals surface area contributed by atoms with Crippen molar-refractivity contribution in [2.45, 2.75) is 38.3 Å². The molecule has 1 N–H and O–H groups in total. The molecule has 0 unspecified atom stereocenters. The molecule has 0 saturated heterocycles. The number of anilines is 1. The zero-order chi connectivity index (χ0) is 29.4. The van der Waals surface area contributed by atoms with Crippen LogP contribution in [0, 0.1) is 5.92 Å². The first-order chi connectivity index (χ1) is 18.9. The van der Waals surface area contributed by atoms with Crippen molar-refractivity contribution in [1.29, 1.82) is 0 Å². The van der Waals surface area contributed by atoms with Crippen molar-refractivity contribution in [2.75, 3.05) is 24.5 Å². The topological polar surface area (TPSA) is 96.0 Å². The van der Waals surface area contributed by atoms with Gasteiger partial charge in [0.2, 0.25) is 11.8 Å². The standard InChI is InChI=1S/C29H33Cl2N3O5S/c1-20(2)17-32-29(36)21(3)33(18-22-8-12-26(39-4)13-9-22)28(35)19-34(25-7-5-6-24(31)16-25)40(37,38)27-14-10-23(30)11-15-27/h5-16,20-21H,17-19H2,1-4H3,(H,32,36)/t21-/m1/s1. The highest BCUT2D eigenvalue weighted by Gasteiger charge is 2.32. The Balaban J connectivity index is 2.00. The normalized spacial score (nSPS) is 12.1. The summed E-state index contributed by atoms with van der Waals surface area (Å²) in [7, 11) is -2.66. The van der Waals surface area contributed by atoms with Crippen LogP contribution in [-0.4, -0.2) is 51.4 Å². The first kappa shape index (κ1) is 31.3. The van der Waals surface area contributed by atoms with Crippen LogP contribution in [0.3, 0.4) is 0 Å². The molecule has 0 aliphatic carbocycles. The summed E-state index contributed by atoms with van der Waals surface area (Å²) in [5.41, 5.74) is 0.949. The number of benzene rings is 3. The minimum atomic E-state index is -4.21. The SMILES string of the molecule is COc1ccc(CN(C(=O)CN(c2cccc(Cl)c2)S(=O)(=O)c2ccc(Cl)cc2)[C@H](C)C(=O)NCC(C)C)cc1. The molecule has 0 aliphatic heterocycles. The van der Waals surface area contributed by atoms with Crippen LogP contribution in [0.1, 0.15) is 26.3 Å². The Bertz CT molecular complexity index is 1410. The maximum absolute atomic E-state index is 13.9. The van der Waals surface area contributed by atoms with Crippen molar-refractivity contribution in [3.05, 3.63) is 88.4 Å². The van der Waals surface area contributed by atoms with E-state index in [9.17, 15) is 18.0 Å². The molecule has 2 amide bonds. The Morgan fingerprint density at radius 2 is 1.57 bits per heavy atom. The third-order valence-electron chi connectivity index (χ3n) is 6.14. The average molecular weight is 607 g/mol. The van der Waals surface area contributed by atoms with Gasteiger partial charge in [0.15, 0.2) is 0 Å². The van der Waals surface area contributed by atoms with E-state index in [0.717, 1.165) is 9.87 Å². The van der Waals surface area contributed by atoms with E-state index in [4.69, 9.17) is 27.9 Å². The lowest BCUT2D eigenvalue weighted by atomic mass is 10.1. The maximum Gasteiger partial charge on any atom is 0.264 e. The molecule has 0 saturated carbocycles. The number of nitrogens with zero attached hydrogens (tertiary/aromatic N) is 2. The molecule has 3 aromatic carbocycles. The fourth-order valence-corrected chi connectivity index (χ4v) is 5.57. The Morgan fingerprint density at radius 3 is 2.15 bits per heavy atom. The van der Waals surface area contributed by atoms with Crippen LogP contribution < -0.4 is 14.4 Å². The second kappa shape index (κ2) is 13.9. The molecular weight excluding hydrogens is 573 g/mol. The van der Waals surface area contributed by atoms with Crippen LogP contribution in [0.4, 0.5) is 5.69 Å². The van der Waals surface area contributed by atoms with Gasteiger partial charge in [-0.05, 0) is 73.0 Å². The van der Waals surface area contributed by atoms with E-state index in [1.807, 2.05) is 13.8 Å². The summed E-state index contributed by atoms with van der Waals surface area (Å²) in [5.74, 6) is -0.0544. The maximum atomic E-state index is 13.9. The number of hydrogen-bond donors (Lipinski definition) is 1. The van der Waals surface area contributed by atoms with Crippen LogP contribution in [0.25, 0.3) is 0 Å². The summed E-state index contributed by atoms with van der Waals surface area (Å²) >= 11 is 12.2. The highest BCUT2D eigenvalue weighted by molar-refractivity contribution is 7.92. The predicted octanol–water partition coefficient (Wildman–Crippen LogP) is 5.39. The Kier molecular flexibility index (Phi) is 10.8. The number of carbonyl (C=O) groups excluding carboxylic acids is 2. The van der Waals surface area contributed by atoms with Crippen LogP contribution >= 0.6 is 23.2 Å². The first-order valence-electron chi connectivity index (χ1n) is 12.7. The lowest BCUT2D eigenvalue weighted by Crippen LogP contribution is -2.51. The zero-order valence-electron chi connectivity index (χ0n) is 22.8. The first-order valence-corrected chi connectivity index (χ1v) is 14.9. The van der Waals surface area contributed by atoms with Crippen LogP contribution in [0.2, 0.25) is 10.0 Å². The molecule has 8 nitrogen and oxygen atoms in total. The van der Waals surface area contributed by atoms with E-state index in [1.54, 1.807) is 56.5 Å². The Hall–Kier alpha value is -3.27. The second-order valence-corrected chi connectivity index (χ2v) is 12.4. The molecule has 1 atom stereocenters. The quantitative estimate of drug-likeness (QED) is 0.299. The van der Waals surface area contributed by atoms with Gasteiger partial charge in [-0.25, -0.2) is 8.42 Å². The molecule has 11 heteroatoms. The number of amides is 2. The van der Waals surface area contributed by atoms with E-state index in [1.165, 1.54) is 35.2 Å². The number of carbonyl (C=O) groups is 2. The fourth-order valence-electron chi connectivity index (χ4n) is 3.86. The number of rotatable bonds is 12. The fraction of sp³-hybridized carbons (Fsp3) is 0.310. The number of hydrogen-bond acceptors (Lipinski definition) is 5. The summed E-state index contributed by atoms with van der Waals surface area (Å²) < 4.78 is 33.8. The molecule has 214 valence electrons. The average Bonchev–Trinajstić information content (AvgIpc) is 2.93. The van der Waals surface area contributed by atoms with Crippen molar-refractivity contribution >= 4 is 50.7 Å². The van der Waals surface area contributed by atoms with E-state index < -0.39 is 28.5 Å². The number of methoxy groups -OCH3 is 1. The van der Waals surface area contributed by atoms with E-state index >= 15 is 0 Å². The Labute approximate surface area is 245 Å². The van der Waals surface area contributed by atoms with Crippen molar-refractivity contribution in [3.8, 4) is 5.75 Å². The molecule has 0 bridgehead atoms. The van der Waals surface area contributed by atoms with Gasteiger partial charge in [-0.15, -0.1) is 0 Å². The molecule has 3 rings (SSSR count). The lowest BCUT2D eigenvalue weighted by molar-refractivity contribution is -0.139. The molecule has 0 spiro atoms. The monoisotopic (exact) mass is 605 g/mol. The van der Waals surface area contributed by atoms with Gasteiger partial charge in [0, 0.05) is 23.1 Å². The van der Waals surface area contributed by atoms with E-state index in [-0.39, 0.29) is 29.0 Å². The number of halogens is 2. The molecule has 3 aromatic rings. The van der Waals surface area contributed by atoms with Crippen molar-refractivity contribution in [3.63, 3.8) is 0 Å². The molecule has 0 radical (unpaired) electrons. The number of ether oxygens (including phenoxy) is 1. The number of sulfonamides is 1. The van der Waals surface area contributed by atoms with Gasteiger partial charge >= 0.3 is 0 Å². The smallest absolute Gasteiger partial charge is 0.264 e. The summed E-state index contributed by atoms with van der Waals surface area (Å²) in [5, 5.41) is 3.54. The molecule has 0 fully saturated rings. The third-order valence-corrected chi connectivity index (χ3v) is 8.42. The molecule has 0 aliphatic rings.